The van der Waals surface area contributed by atoms with Crippen LogP contribution in [0.2, 0.25) is 0 Å². The zero-order valence-corrected chi connectivity index (χ0v) is 11.0. The fraction of sp³-hybridized carbons (Fsp3) is 0.200. The molecular formula is C15H15N3O. The summed E-state index contributed by atoms with van der Waals surface area (Å²) >= 11 is 0. The molecule has 0 saturated heterocycles. The third kappa shape index (κ3) is 3.02. The van der Waals surface area contributed by atoms with E-state index in [1.807, 2.05) is 0 Å². The Hall–Kier alpha value is -2.54. The largest absolute Gasteiger partial charge is 0.495 e. The maximum Gasteiger partial charge on any atom is 0.147 e. The number of pyridine rings is 1. The number of rotatable bonds is 4. The lowest BCUT2D eigenvalue weighted by Crippen LogP contribution is -2.04. The molecule has 4 nitrogen and oxygen atoms in total. The second-order valence-electron chi connectivity index (χ2n) is 4.19. The molecule has 2 rings (SSSR count). The van der Waals surface area contributed by atoms with Crippen molar-refractivity contribution in [3.05, 3.63) is 53.2 Å². The zero-order chi connectivity index (χ0) is 13.7. The first-order valence-corrected chi connectivity index (χ1v) is 5.97. The summed E-state index contributed by atoms with van der Waals surface area (Å²) in [5.74, 6) is 1.08. The van der Waals surface area contributed by atoms with Gasteiger partial charge in [0, 0.05) is 12.7 Å². The van der Waals surface area contributed by atoms with E-state index in [4.69, 9.17) is 10.00 Å². The van der Waals surface area contributed by atoms with Gasteiger partial charge in [-0.05, 0) is 18.6 Å². The first-order valence-electron chi connectivity index (χ1n) is 5.97. The Labute approximate surface area is 112 Å². The predicted octanol–water partition coefficient (Wildman–Crippen LogP) is 2.88. The van der Waals surface area contributed by atoms with Crippen molar-refractivity contribution < 1.29 is 4.74 Å². The van der Waals surface area contributed by atoms with E-state index in [2.05, 4.69) is 47.6 Å². The normalized spacial score (nSPS) is 9.74. The van der Waals surface area contributed by atoms with Gasteiger partial charge in [0.15, 0.2) is 0 Å². The van der Waals surface area contributed by atoms with Crippen LogP contribution in [-0.4, -0.2) is 12.1 Å². The van der Waals surface area contributed by atoms with Gasteiger partial charge in [-0.3, -0.25) is 0 Å². The number of aryl methyl sites for hydroxylation is 1. The average Bonchev–Trinajstić information content (AvgIpc) is 2.46. The zero-order valence-electron chi connectivity index (χ0n) is 11.0. The number of benzene rings is 1. The van der Waals surface area contributed by atoms with E-state index < -0.39 is 0 Å². The van der Waals surface area contributed by atoms with E-state index in [-0.39, 0.29) is 0 Å². The number of anilines is 1. The minimum absolute atomic E-state index is 0.428. The van der Waals surface area contributed by atoms with Crippen molar-refractivity contribution in [2.24, 2.45) is 0 Å². The van der Waals surface area contributed by atoms with Crippen LogP contribution >= 0.6 is 0 Å². The molecule has 0 saturated carbocycles. The lowest BCUT2D eigenvalue weighted by Gasteiger charge is -2.10. The Bertz CT molecular complexity index is 600. The summed E-state index contributed by atoms with van der Waals surface area (Å²) in [4.78, 5) is 4.18. The third-order valence-electron chi connectivity index (χ3n) is 2.83. The Morgan fingerprint density at radius 2 is 2.00 bits per heavy atom. The molecular weight excluding hydrogens is 238 g/mol. The maximum atomic E-state index is 9.15. The van der Waals surface area contributed by atoms with Gasteiger partial charge in [0.1, 0.15) is 23.2 Å². The van der Waals surface area contributed by atoms with Crippen molar-refractivity contribution in [3.63, 3.8) is 0 Å². The van der Waals surface area contributed by atoms with Crippen LogP contribution in [0, 0.1) is 18.3 Å². The molecule has 2 aromatic rings. The number of nitrogens with one attached hydrogen (secondary N) is 1. The number of nitrogens with zero attached hydrogens (tertiary/aromatic N) is 2. The Balaban J connectivity index is 2.16. The molecule has 1 aromatic carbocycles. The fourth-order valence-electron chi connectivity index (χ4n) is 1.75. The molecule has 1 N–H and O–H groups in total. The first-order chi connectivity index (χ1) is 9.24. The van der Waals surface area contributed by atoms with Crippen molar-refractivity contribution in [1.82, 2.24) is 4.98 Å². The van der Waals surface area contributed by atoms with E-state index in [9.17, 15) is 0 Å². The van der Waals surface area contributed by atoms with Gasteiger partial charge in [-0.2, -0.15) is 5.26 Å². The molecule has 1 aromatic heterocycles. The van der Waals surface area contributed by atoms with Gasteiger partial charge in [0.25, 0.3) is 0 Å². The molecule has 0 fully saturated rings. The number of hydrogen-bond donors (Lipinski definition) is 1. The van der Waals surface area contributed by atoms with Crippen LogP contribution in [0.3, 0.4) is 0 Å². The number of aromatic nitrogens is 1. The lowest BCUT2D eigenvalue weighted by atomic mass is 10.1. The van der Waals surface area contributed by atoms with Crippen LogP contribution in [0.1, 0.15) is 16.7 Å². The molecule has 96 valence electrons. The highest BCUT2D eigenvalue weighted by molar-refractivity contribution is 5.59. The molecule has 0 bridgehead atoms. The second-order valence-corrected chi connectivity index (χ2v) is 4.19. The van der Waals surface area contributed by atoms with Crippen LogP contribution in [-0.2, 0) is 6.54 Å². The highest BCUT2D eigenvalue weighted by atomic mass is 16.5. The second kappa shape index (κ2) is 5.87. The van der Waals surface area contributed by atoms with Gasteiger partial charge in [0.2, 0.25) is 0 Å². The standard InChI is InChI=1S/C15H15N3O/c1-11-3-5-12(6-4-11)10-18-15-13(9-16)14(19-2)7-8-17-15/h3-8H,10H2,1-2H3,(H,17,18). The molecule has 0 unspecified atom stereocenters. The molecule has 0 atom stereocenters. The summed E-state index contributed by atoms with van der Waals surface area (Å²) in [7, 11) is 1.54. The molecule has 4 heteroatoms. The first kappa shape index (κ1) is 12.9. The number of ether oxygens (including phenoxy) is 1. The number of hydrogen-bond acceptors (Lipinski definition) is 4. The monoisotopic (exact) mass is 253 g/mol. The van der Waals surface area contributed by atoms with Crippen molar-refractivity contribution in [2.45, 2.75) is 13.5 Å². The van der Waals surface area contributed by atoms with Gasteiger partial charge < -0.3 is 10.1 Å². The molecule has 0 aliphatic heterocycles. The van der Waals surface area contributed by atoms with E-state index >= 15 is 0 Å². The van der Waals surface area contributed by atoms with Crippen molar-refractivity contribution in [1.29, 1.82) is 5.26 Å². The fourth-order valence-corrected chi connectivity index (χ4v) is 1.75. The summed E-state index contributed by atoms with van der Waals surface area (Å²) in [5, 5.41) is 12.3. The summed E-state index contributed by atoms with van der Waals surface area (Å²) in [6.07, 6.45) is 1.62. The predicted molar refractivity (Wildman–Crippen MR) is 74.0 cm³/mol. The molecule has 0 spiro atoms. The highest BCUT2D eigenvalue weighted by Gasteiger charge is 2.09. The van der Waals surface area contributed by atoms with Crippen LogP contribution < -0.4 is 10.1 Å². The minimum atomic E-state index is 0.428. The summed E-state index contributed by atoms with van der Waals surface area (Å²) in [6.45, 7) is 2.67. The highest BCUT2D eigenvalue weighted by Crippen LogP contribution is 2.23. The Morgan fingerprint density at radius 3 is 2.63 bits per heavy atom. The van der Waals surface area contributed by atoms with E-state index in [0.717, 1.165) is 5.56 Å². The topological polar surface area (TPSA) is 57.9 Å². The summed E-state index contributed by atoms with van der Waals surface area (Å²) in [5.41, 5.74) is 2.79. The van der Waals surface area contributed by atoms with E-state index in [0.29, 0.717) is 23.7 Å². The number of methoxy groups -OCH3 is 1. The van der Waals surface area contributed by atoms with Crippen molar-refractivity contribution in [2.75, 3.05) is 12.4 Å². The van der Waals surface area contributed by atoms with E-state index in [1.54, 1.807) is 19.4 Å². The molecule has 0 aliphatic carbocycles. The molecule has 19 heavy (non-hydrogen) atoms. The lowest BCUT2D eigenvalue weighted by molar-refractivity contribution is 0.413. The number of nitriles is 1. The Morgan fingerprint density at radius 1 is 1.26 bits per heavy atom. The molecule has 0 radical (unpaired) electrons. The van der Waals surface area contributed by atoms with Crippen molar-refractivity contribution >= 4 is 5.82 Å². The molecule has 0 aliphatic rings. The summed E-state index contributed by atoms with van der Waals surface area (Å²) < 4.78 is 5.14. The van der Waals surface area contributed by atoms with Gasteiger partial charge >= 0.3 is 0 Å². The third-order valence-corrected chi connectivity index (χ3v) is 2.83. The molecule has 0 amide bonds. The van der Waals surface area contributed by atoms with Crippen molar-refractivity contribution in [3.8, 4) is 11.8 Å². The minimum Gasteiger partial charge on any atom is -0.495 e. The van der Waals surface area contributed by atoms with Crippen LogP contribution in [0.4, 0.5) is 5.82 Å². The quantitative estimate of drug-likeness (QED) is 0.910. The average molecular weight is 253 g/mol. The van der Waals surface area contributed by atoms with Crippen LogP contribution in [0.15, 0.2) is 36.5 Å². The Kier molecular flexibility index (Phi) is 3.99. The maximum absolute atomic E-state index is 9.15. The van der Waals surface area contributed by atoms with Gasteiger partial charge in [-0.1, -0.05) is 29.8 Å². The van der Waals surface area contributed by atoms with Gasteiger partial charge in [-0.25, -0.2) is 4.98 Å². The summed E-state index contributed by atoms with van der Waals surface area (Å²) in [6, 6.07) is 12.0. The van der Waals surface area contributed by atoms with E-state index in [1.165, 1.54) is 5.56 Å². The van der Waals surface area contributed by atoms with Crippen LogP contribution in [0.5, 0.6) is 5.75 Å². The smallest absolute Gasteiger partial charge is 0.147 e. The van der Waals surface area contributed by atoms with Gasteiger partial charge in [-0.15, -0.1) is 0 Å². The van der Waals surface area contributed by atoms with Gasteiger partial charge in [0.05, 0.1) is 7.11 Å². The SMILES string of the molecule is COc1ccnc(NCc2ccc(C)cc2)c1C#N. The molecule has 1 heterocycles. The van der Waals surface area contributed by atoms with Crippen LogP contribution in [0.25, 0.3) is 0 Å².